The van der Waals surface area contributed by atoms with Gasteiger partial charge in [-0.15, -0.1) is 11.3 Å². The van der Waals surface area contributed by atoms with E-state index < -0.39 is 0 Å². The molecule has 1 aliphatic carbocycles. The van der Waals surface area contributed by atoms with E-state index in [4.69, 9.17) is 11.6 Å². The Morgan fingerprint density at radius 1 is 1.31 bits per heavy atom. The number of imidazole rings is 1. The van der Waals surface area contributed by atoms with Crippen LogP contribution in [0, 0.1) is 0 Å². The second-order valence-electron chi connectivity index (χ2n) is 4.05. The van der Waals surface area contributed by atoms with Crippen LogP contribution in [0.25, 0.3) is 0 Å². The van der Waals surface area contributed by atoms with E-state index in [9.17, 15) is 0 Å². The van der Waals surface area contributed by atoms with Gasteiger partial charge < -0.3 is 4.57 Å². The number of thiazole rings is 1. The predicted octanol–water partition coefficient (Wildman–Crippen LogP) is 2.92. The van der Waals surface area contributed by atoms with Gasteiger partial charge in [-0.3, -0.25) is 0 Å². The number of hydrogen-bond acceptors (Lipinski definition) is 3. The van der Waals surface area contributed by atoms with Gasteiger partial charge in [-0.1, -0.05) is 11.6 Å². The summed E-state index contributed by atoms with van der Waals surface area (Å²) in [5.41, 5.74) is 2.68. The molecule has 0 atom stereocenters. The molecule has 2 heterocycles. The molecule has 16 heavy (non-hydrogen) atoms. The van der Waals surface area contributed by atoms with Gasteiger partial charge in [0.25, 0.3) is 0 Å². The number of aryl methyl sites for hydroxylation is 1. The van der Waals surface area contributed by atoms with Gasteiger partial charge in [0.1, 0.15) is 0 Å². The van der Waals surface area contributed by atoms with Crippen LogP contribution in [-0.2, 0) is 19.4 Å². The molecule has 1 aliphatic rings. The van der Waals surface area contributed by atoms with E-state index in [1.165, 1.54) is 29.1 Å². The summed E-state index contributed by atoms with van der Waals surface area (Å²) in [6.07, 6.45) is 8.64. The molecule has 0 spiro atoms. The first kappa shape index (κ1) is 10.3. The Bertz CT molecular complexity index is 503. The Morgan fingerprint density at radius 3 is 3.00 bits per heavy atom. The summed E-state index contributed by atoms with van der Waals surface area (Å²) >= 11 is 7.37. The minimum atomic E-state index is 0.615. The van der Waals surface area contributed by atoms with Crippen LogP contribution in [0.4, 0.5) is 0 Å². The average Bonchev–Trinajstić information content (AvgIpc) is 2.87. The Morgan fingerprint density at radius 2 is 2.19 bits per heavy atom. The van der Waals surface area contributed by atoms with Crippen molar-refractivity contribution in [1.82, 2.24) is 14.5 Å². The second kappa shape index (κ2) is 4.18. The molecule has 5 heteroatoms. The van der Waals surface area contributed by atoms with Crippen LogP contribution in [0.5, 0.6) is 0 Å². The fourth-order valence-electron chi connectivity index (χ4n) is 2.19. The molecule has 3 rings (SSSR count). The highest BCUT2D eigenvalue weighted by atomic mass is 35.5. The van der Waals surface area contributed by atoms with E-state index in [1.807, 2.05) is 12.5 Å². The minimum Gasteiger partial charge on any atom is -0.329 e. The lowest BCUT2D eigenvalue weighted by Gasteiger charge is -2.13. The van der Waals surface area contributed by atoms with Crippen molar-refractivity contribution in [3.8, 4) is 0 Å². The van der Waals surface area contributed by atoms with E-state index in [0.717, 1.165) is 19.4 Å². The van der Waals surface area contributed by atoms with Gasteiger partial charge in [-0.05, 0) is 25.7 Å². The maximum Gasteiger partial charge on any atom is 0.183 e. The normalized spacial score (nSPS) is 15.1. The Balaban J connectivity index is 1.87. The van der Waals surface area contributed by atoms with Crippen LogP contribution in [0.3, 0.4) is 0 Å². The van der Waals surface area contributed by atoms with Crippen molar-refractivity contribution in [2.45, 2.75) is 32.2 Å². The summed E-state index contributed by atoms with van der Waals surface area (Å²) in [5.74, 6) is 0. The van der Waals surface area contributed by atoms with Gasteiger partial charge >= 0.3 is 0 Å². The highest BCUT2D eigenvalue weighted by molar-refractivity contribution is 7.15. The molecule has 0 aliphatic heterocycles. The van der Waals surface area contributed by atoms with Crippen molar-refractivity contribution in [3.05, 3.63) is 33.3 Å². The molecule has 0 saturated heterocycles. The molecule has 0 bridgehead atoms. The lowest BCUT2D eigenvalue weighted by Crippen LogP contribution is -2.08. The van der Waals surface area contributed by atoms with Gasteiger partial charge in [0.15, 0.2) is 4.47 Å². The highest BCUT2D eigenvalue weighted by Gasteiger charge is 2.15. The molecule has 2 aromatic heterocycles. The predicted molar refractivity (Wildman–Crippen MR) is 65.1 cm³/mol. The monoisotopic (exact) mass is 253 g/mol. The molecule has 0 amide bonds. The average molecular weight is 254 g/mol. The summed E-state index contributed by atoms with van der Waals surface area (Å²) in [6.45, 7) is 0.854. The maximum absolute atomic E-state index is 5.83. The minimum absolute atomic E-state index is 0.615. The van der Waals surface area contributed by atoms with E-state index in [-0.39, 0.29) is 0 Å². The molecule has 2 aromatic rings. The summed E-state index contributed by atoms with van der Waals surface area (Å²) in [6, 6.07) is 0. The summed E-state index contributed by atoms with van der Waals surface area (Å²) < 4.78 is 2.85. The Labute approximate surface area is 103 Å². The fraction of sp³-hybridized carbons (Fsp3) is 0.455. The smallest absolute Gasteiger partial charge is 0.183 e. The first-order valence-corrected chi connectivity index (χ1v) is 6.65. The summed E-state index contributed by atoms with van der Waals surface area (Å²) in [5, 5.41) is 0. The Kier molecular flexibility index (Phi) is 2.69. The van der Waals surface area contributed by atoms with Crippen LogP contribution in [0.15, 0.2) is 12.5 Å². The largest absolute Gasteiger partial charge is 0.329 e. The van der Waals surface area contributed by atoms with Crippen LogP contribution in [-0.4, -0.2) is 14.5 Å². The maximum atomic E-state index is 5.83. The van der Waals surface area contributed by atoms with E-state index >= 15 is 0 Å². The number of rotatable bonds is 2. The lowest BCUT2D eigenvalue weighted by atomic mass is 10.0. The third kappa shape index (κ3) is 1.87. The second-order valence-corrected chi connectivity index (χ2v) is 5.75. The molecule has 0 radical (unpaired) electrons. The van der Waals surface area contributed by atoms with Gasteiger partial charge in [0, 0.05) is 16.8 Å². The van der Waals surface area contributed by atoms with E-state index in [2.05, 4.69) is 14.5 Å². The van der Waals surface area contributed by atoms with Crippen LogP contribution >= 0.6 is 22.9 Å². The standard InChI is InChI=1S/C11H12ClN3S/c12-11-13-5-8(16-11)6-15-7-14-9-3-1-2-4-10(9)15/h5,7H,1-4,6H2. The topological polar surface area (TPSA) is 30.7 Å². The molecule has 0 unspecified atom stereocenters. The zero-order chi connectivity index (χ0) is 11.0. The first-order valence-electron chi connectivity index (χ1n) is 5.46. The third-order valence-electron chi connectivity index (χ3n) is 2.96. The third-order valence-corrected chi connectivity index (χ3v) is 4.06. The Hall–Kier alpha value is -0.870. The quantitative estimate of drug-likeness (QED) is 0.824. The first-order chi connectivity index (χ1) is 7.83. The lowest BCUT2D eigenvalue weighted by molar-refractivity contribution is 0.630. The van der Waals surface area contributed by atoms with Crippen LogP contribution in [0.1, 0.15) is 29.1 Å². The summed E-state index contributed by atoms with van der Waals surface area (Å²) in [4.78, 5) is 9.72. The SMILES string of the molecule is Clc1ncc(Cn2cnc3c2CCCC3)s1. The van der Waals surface area contributed by atoms with Gasteiger partial charge in [-0.25, -0.2) is 9.97 Å². The van der Waals surface area contributed by atoms with E-state index in [1.54, 1.807) is 11.3 Å². The number of nitrogens with zero attached hydrogens (tertiary/aromatic N) is 3. The molecular formula is C11H12ClN3S. The van der Waals surface area contributed by atoms with Crippen molar-refractivity contribution in [1.29, 1.82) is 0 Å². The van der Waals surface area contributed by atoms with Crippen molar-refractivity contribution in [2.75, 3.05) is 0 Å². The van der Waals surface area contributed by atoms with Crippen molar-refractivity contribution < 1.29 is 0 Å². The van der Waals surface area contributed by atoms with Crippen molar-refractivity contribution in [3.63, 3.8) is 0 Å². The highest BCUT2D eigenvalue weighted by Crippen LogP contribution is 2.23. The van der Waals surface area contributed by atoms with Gasteiger partial charge in [0.05, 0.1) is 18.6 Å². The summed E-state index contributed by atoms with van der Waals surface area (Å²) in [7, 11) is 0. The molecule has 0 N–H and O–H groups in total. The van der Waals surface area contributed by atoms with Gasteiger partial charge in [-0.2, -0.15) is 0 Å². The molecule has 0 aromatic carbocycles. The molecule has 84 valence electrons. The van der Waals surface area contributed by atoms with Crippen molar-refractivity contribution >= 4 is 22.9 Å². The number of fused-ring (bicyclic) bond motifs is 1. The zero-order valence-electron chi connectivity index (χ0n) is 8.82. The zero-order valence-corrected chi connectivity index (χ0v) is 10.4. The van der Waals surface area contributed by atoms with E-state index in [0.29, 0.717) is 4.47 Å². The fourth-order valence-corrected chi connectivity index (χ4v) is 3.17. The van der Waals surface area contributed by atoms with Crippen molar-refractivity contribution in [2.24, 2.45) is 0 Å². The number of aromatic nitrogens is 3. The molecule has 0 fully saturated rings. The molecule has 0 saturated carbocycles. The van der Waals surface area contributed by atoms with Crippen LogP contribution < -0.4 is 0 Å². The number of hydrogen-bond donors (Lipinski definition) is 0. The van der Waals surface area contributed by atoms with Gasteiger partial charge in [0.2, 0.25) is 0 Å². The molecule has 3 nitrogen and oxygen atoms in total. The van der Waals surface area contributed by atoms with Crippen LogP contribution in [0.2, 0.25) is 4.47 Å². The molecular weight excluding hydrogens is 242 g/mol. The number of halogens is 1.